The summed E-state index contributed by atoms with van der Waals surface area (Å²) in [4.78, 5) is 0. The van der Waals surface area contributed by atoms with Crippen LogP contribution in [0.3, 0.4) is 0 Å². The molecule has 0 aliphatic heterocycles. The van der Waals surface area contributed by atoms with Gasteiger partial charge in [-0.1, -0.05) is 0 Å². The van der Waals surface area contributed by atoms with Gasteiger partial charge in [0.15, 0.2) is 0 Å². The molecule has 0 rings (SSSR count). The first-order valence-corrected chi connectivity index (χ1v) is 4.87. The van der Waals surface area contributed by atoms with Crippen LogP contribution >= 0.6 is 0 Å². The lowest BCUT2D eigenvalue weighted by atomic mass is 9.91. The highest BCUT2D eigenvalue weighted by molar-refractivity contribution is 5.12. The number of alkyl halides is 14. The van der Waals surface area contributed by atoms with Crippen molar-refractivity contribution in [2.24, 2.45) is 0 Å². The molecule has 0 radical (unpaired) electrons. The Balaban J connectivity index is 6.37. The van der Waals surface area contributed by atoms with Crippen molar-refractivity contribution in [3.63, 3.8) is 0 Å². The van der Waals surface area contributed by atoms with E-state index in [0.717, 1.165) is 0 Å². The van der Waals surface area contributed by atoms with Gasteiger partial charge < -0.3 is 5.11 Å². The molecule has 0 aromatic heterocycles. The maximum atomic E-state index is 12.8. The van der Waals surface area contributed by atoms with Crippen molar-refractivity contribution in [1.29, 1.82) is 0 Å². The van der Waals surface area contributed by atoms with E-state index in [9.17, 15) is 61.5 Å². The van der Waals surface area contributed by atoms with Crippen molar-refractivity contribution in [1.82, 2.24) is 0 Å². The first-order valence-electron chi connectivity index (χ1n) is 4.87. The fraction of sp³-hybridized carbons (Fsp3) is 1.00. The van der Waals surface area contributed by atoms with Crippen molar-refractivity contribution in [2.45, 2.75) is 48.6 Å². The topological polar surface area (TPSA) is 20.2 Å². The molecule has 0 fully saturated rings. The molecular formula is C8H4F14O. The van der Waals surface area contributed by atoms with Crippen molar-refractivity contribution in [3.05, 3.63) is 0 Å². The monoisotopic (exact) mass is 382 g/mol. The molecule has 0 atom stereocenters. The molecule has 0 bridgehead atoms. The zero-order chi connectivity index (χ0) is 19.5. The summed E-state index contributed by atoms with van der Waals surface area (Å²) in [6.07, 6.45) is -7.07. The highest BCUT2D eigenvalue weighted by atomic mass is 19.4. The number of rotatable bonds is 6. The van der Waals surface area contributed by atoms with Gasteiger partial charge in [0.2, 0.25) is 0 Å². The summed E-state index contributed by atoms with van der Waals surface area (Å²) < 4.78 is 175. The Hall–Kier alpha value is -1.02. The zero-order valence-electron chi connectivity index (χ0n) is 10.2. The van der Waals surface area contributed by atoms with Gasteiger partial charge in [0.05, 0.1) is 0 Å². The average molecular weight is 382 g/mol. The van der Waals surface area contributed by atoms with Gasteiger partial charge in [-0.15, -0.1) is 0 Å². The van der Waals surface area contributed by atoms with Crippen LogP contribution in [0.5, 0.6) is 0 Å². The highest BCUT2D eigenvalue weighted by Gasteiger charge is 2.92. The zero-order valence-corrected chi connectivity index (χ0v) is 10.2. The van der Waals surface area contributed by atoms with E-state index in [1.807, 2.05) is 0 Å². The van der Waals surface area contributed by atoms with Gasteiger partial charge in [-0.05, 0) is 0 Å². The maximum Gasteiger partial charge on any atom is 0.423 e. The van der Waals surface area contributed by atoms with Gasteiger partial charge in [0, 0.05) is 6.92 Å². The Labute approximate surface area is 116 Å². The Morgan fingerprint density at radius 2 is 0.652 bits per heavy atom. The molecule has 0 aromatic rings. The molecule has 23 heavy (non-hydrogen) atoms. The molecule has 0 aliphatic carbocycles. The van der Waals surface area contributed by atoms with Crippen LogP contribution in [0, 0.1) is 0 Å². The average Bonchev–Trinajstić information content (AvgIpc) is 2.24. The van der Waals surface area contributed by atoms with Gasteiger partial charge in [-0.25, -0.2) is 0 Å². The van der Waals surface area contributed by atoms with E-state index in [-0.39, 0.29) is 0 Å². The van der Waals surface area contributed by atoms with Crippen molar-refractivity contribution in [2.75, 3.05) is 0 Å². The minimum absolute atomic E-state index is 1.13. The standard InChI is InChI=1S/C8H4F14O/c1-2(9,10)3(11,12)4(13,14)5(15,16)6(17,18)7(19,20)8(21,22)23/h23H,1H3. The van der Waals surface area contributed by atoms with Crippen molar-refractivity contribution < 1.29 is 66.6 Å². The Kier molecular flexibility index (Phi) is 4.77. The molecule has 0 saturated heterocycles. The molecule has 0 unspecified atom stereocenters. The summed E-state index contributed by atoms with van der Waals surface area (Å²) in [6, 6.07) is 0. The Morgan fingerprint density at radius 1 is 0.435 bits per heavy atom. The second-order valence-corrected chi connectivity index (χ2v) is 4.30. The van der Waals surface area contributed by atoms with E-state index < -0.39 is 48.6 Å². The van der Waals surface area contributed by atoms with Crippen molar-refractivity contribution in [3.8, 4) is 0 Å². The first kappa shape index (κ1) is 22.0. The van der Waals surface area contributed by atoms with Gasteiger partial charge in [0.1, 0.15) is 0 Å². The van der Waals surface area contributed by atoms with E-state index in [1.165, 1.54) is 0 Å². The molecular weight excluding hydrogens is 378 g/mol. The minimum atomic E-state index is -8.11. The normalized spacial score (nSPS) is 16.7. The summed E-state index contributed by atoms with van der Waals surface area (Å²) in [5, 5.41) is 7.40. The van der Waals surface area contributed by atoms with Gasteiger partial charge in [-0.2, -0.15) is 61.5 Å². The van der Waals surface area contributed by atoms with Crippen LogP contribution in [0.2, 0.25) is 0 Å². The molecule has 15 heteroatoms. The van der Waals surface area contributed by atoms with E-state index in [2.05, 4.69) is 0 Å². The lowest BCUT2D eigenvalue weighted by molar-refractivity contribution is -0.460. The summed E-state index contributed by atoms with van der Waals surface area (Å²) in [5.41, 5.74) is 0. The van der Waals surface area contributed by atoms with Gasteiger partial charge in [-0.3, -0.25) is 0 Å². The molecule has 0 saturated carbocycles. The molecule has 0 heterocycles. The molecule has 0 aliphatic rings. The number of aliphatic hydroxyl groups is 1. The van der Waals surface area contributed by atoms with Crippen LogP contribution in [-0.2, 0) is 0 Å². The van der Waals surface area contributed by atoms with E-state index in [4.69, 9.17) is 5.11 Å². The van der Waals surface area contributed by atoms with Crippen LogP contribution in [0.15, 0.2) is 0 Å². The van der Waals surface area contributed by atoms with Crippen molar-refractivity contribution >= 4 is 0 Å². The lowest BCUT2D eigenvalue weighted by Gasteiger charge is -2.41. The lowest BCUT2D eigenvalue weighted by Crippen LogP contribution is -2.72. The second-order valence-electron chi connectivity index (χ2n) is 4.30. The fourth-order valence-electron chi connectivity index (χ4n) is 1.06. The van der Waals surface area contributed by atoms with E-state index in [1.54, 1.807) is 0 Å². The third kappa shape index (κ3) is 2.69. The third-order valence-electron chi connectivity index (χ3n) is 2.51. The summed E-state index contributed by atoms with van der Waals surface area (Å²) in [6.45, 7) is -1.13. The van der Waals surface area contributed by atoms with Gasteiger partial charge in [0.25, 0.3) is 0 Å². The first-order chi connectivity index (χ1) is 9.50. The third-order valence-corrected chi connectivity index (χ3v) is 2.51. The SMILES string of the molecule is CC(F)(F)C(F)(F)C(F)(F)C(F)(F)C(F)(F)C(F)(F)C(O)(F)F. The second kappa shape index (κ2) is 4.99. The predicted molar refractivity (Wildman–Crippen MR) is 42.5 cm³/mol. The molecule has 1 N–H and O–H groups in total. The van der Waals surface area contributed by atoms with Crippen LogP contribution in [0.4, 0.5) is 61.5 Å². The van der Waals surface area contributed by atoms with Crippen LogP contribution in [0.1, 0.15) is 6.92 Å². The quantitative estimate of drug-likeness (QED) is 0.676. The Bertz CT molecular complexity index is 401. The molecule has 0 aromatic carbocycles. The largest absolute Gasteiger partial charge is 0.423 e. The maximum absolute atomic E-state index is 12.8. The molecule has 0 amide bonds. The van der Waals surface area contributed by atoms with E-state index in [0.29, 0.717) is 0 Å². The van der Waals surface area contributed by atoms with Crippen LogP contribution < -0.4 is 0 Å². The molecule has 0 spiro atoms. The van der Waals surface area contributed by atoms with E-state index >= 15 is 0 Å². The summed E-state index contributed by atoms with van der Waals surface area (Å²) >= 11 is 0. The number of hydrogen-bond acceptors (Lipinski definition) is 1. The molecule has 140 valence electrons. The highest BCUT2D eigenvalue weighted by Crippen LogP contribution is 2.61. The predicted octanol–water partition coefficient (Wildman–Crippen LogP) is 4.40. The summed E-state index contributed by atoms with van der Waals surface area (Å²) in [5.74, 6) is -45.2. The summed E-state index contributed by atoms with van der Waals surface area (Å²) in [7, 11) is 0. The van der Waals surface area contributed by atoms with Gasteiger partial charge >= 0.3 is 41.6 Å². The smallest absolute Gasteiger partial charge is 0.331 e. The fourth-order valence-corrected chi connectivity index (χ4v) is 1.06. The molecule has 1 nitrogen and oxygen atoms in total. The number of hydrogen-bond donors (Lipinski definition) is 1. The van der Waals surface area contributed by atoms with Crippen LogP contribution in [0.25, 0.3) is 0 Å². The number of halogens is 14. The van der Waals surface area contributed by atoms with Crippen LogP contribution in [-0.4, -0.2) is 46.8 Å². The Morgan fingerprint density at radius 3 is 0.870 bits per heavy atom. The minimum Gasteiger partial charge on any atom is -0.331 e.